The van der Waals surface area contributed by atoms with Crippen molar-refractivity contribution >= 4 is 17.4 Å². The molecule has 94 valence electrons. The standard InChI is InChI=1S/C13H10F3NS/c14-8-4-5-13(11(16)6-8)18-7-9-10(15)2-1-3-12(9)17/h1-6H,7,17H2. The van der Waals surface area contributed by atoms with E-state index in [2.05, 4.69) is 0 Å². The lowest BCUT2D eigenvalue weighted by Crippen LogP contribution is -1.96. The highest BCUT2D eigenvalue weighted by Gasteiger charge is 2.09. The SMILES string of the molecule is Nc1cccc(F)c1CSc1ccc(F)cc1F. The first-order valence-corrected chi connectivity index (χ1v) is 6.17. The molecule has 5 heteroatoms. The van der Waals surface area contributed by atoms with Crippen molar-refractivity contribution < 1.29 is 13.2 Å². The summed E-state index contributed by atoms with van der Waals surface area (Å²) in [6.45, 7) is 0. The fourth-order valence-electron chi connectivity index (χ4n) is 1.47. The van der Waals surface area contributed by atoms with E-state index in [0.717, 1.165) is 23.9 Å². The minimum absolute atomic E-state index is 0.195. The molecule has 2 N–H and O–H groups in total. The Morgan fingerprint density at radius 3 is 2.44 bits per heavy atom. The van der Waals surface area contributed by atoms with Crippen LogP contribution in [0.15, 0.2) is 41.3 Å². The molecule has 2 rings (SSSR count). The number of hydrogen-bond acceptors (Lipinski definition) is 2. The molecule has 0 fully saturated rings. The Labute approximate surface area is 107 Å². The number of benzene rings is 2. The lowest BCUT2D eigenvalue weighted by Gasteiger charge is -2.07. The summed E-state index contributed by atoms with van der Waals surface area (Å²) in [5.41, 5.74) is 6.29. The summed E-state index contributed by atoms with van der Waals surface area (Å²) in [5, 5.41) is 0. The van der Waals surface area contributed by atoms with Gasteiger partial charge in [0.05, 0.1) is 0 Å². The van der Waals surface area contributed by atoms with Gasteiger partial charge in [0.1, 0.15) is 17.5 Å². The van der Waals surface area contributed by atoms with Crippen molar-refractivity contribution in [3.05, 3.63) is 59.4 Å². The topological polar surface area (TPSA) is 26.0 Å². The Morgan fingerprint density at radius 1 is 1.00 bits per heavy atom. The molecule has 0 saturated carbocycles. The van der Waals surface area contributed by atoms with E-state index in [4.69, 9.17) is 5.73 Å². The average molecular weight is 269 g/mol. The third-order valence-corrected chi connectivity index (χ3v) is 3.50. The predicted octanol–water partition coefficient (Wildman–Crippen LogP) is 3.98. The highest BCUT2D eigenvalue weighted by atomic mass is 32.2. The molecule has 0 amide bonds. The van der Waals surface area contributed by atoms with Crippen LogP contribution in [-0.2, 0) is 5.75 Å². The third kappa shape index (κ3) is 2.79. The molecule has 0 unspecified atom stereocenters. The van der Waals surface area contributed by atoms with Crippen LogP contribution in [0.4, 0.5) is 18.9 Å². The molecular weight excluding hydrogens is 259 g/mol. The van der Waals surface area contributed by atoms with Crippen molar-refractivity contribution in [2.45, 2.75) is 10.6 Å². The highest BCUT2D eigenvalue weighted by Crippen LogP contribution is 2.29. The lowest BCUT2D eigenvalue weighted by molar-refractivity contribution is 0.565. The third-order valence-electron chi connectivity index (χ3n) is 2.42. The van der Waals surface area contributed by atoms with Crippen LogP contribution in [0.25, 0.3) is 0 Å². The van der Waals surface area contributed by atoms with E-state index in [1.54, 1.807) is 6.07 Å². The molecule has 0 spiro atoms. The summed E-state index contributed by atoms with van der Waals surface area (Å²) in [4.78, 5) is 0.263. The second kappa shape index (κ2) is 5.35. The van der Waals surface area contributed by atoms with Gasteiger partial charge < -0.3 is 5.73 Å². The Hall–Kier alpha value is -1.62. The first-order chi connectivity index (χ1) is 8.58. The van der Waals surface area contributed by atoms with Crippen LogP contribution in [0.2, 0.25) is 0 Å². The first kappa shape index (κ1) is 12.8. The number of nitrogen functional groups attached to an aromatic ring is 1. The van der Waals surface area contributed by atoms with Gasteiger partial charge >= 0.3 is 0 Å². The zero-order valence-electron chi connectivity index (χ0n) is 9.29. The van der Waals surface area contributed by atoms with Gasteiger partial charge in [0.2, 0.25) is 0 Å². The van der Waals surface area contributed by atoms with E-state index in [1.807, 2.05) is 0 Å². The zero-order valence-corrected chi connectivity index (χ0v) is 10.1. The smallest absolute Gasteiger partial charge is 0.139 e. The number of nitrogens with two attached hydrogens (primary N) is 1. The number of halogens is 3. The largest absolute Gasteiger partial charge is 0.398 e. The molecule has 2 aromatic carbocycles. The second-order valence-corrected chi connectivity index (χ2v) is 4.69. The monoisotopic (exact) mass is 269 g/mol. The maximum atomic E-state index is 13.5. The molecule has 0 atom stereocenters. The minimum atomic E-state index is -0.657. The quantitative estimate of drug-likeness (QED) is 0.673. The van der Waals surface area contributed by atoms with E-state index in [-0.39, 0.29) is 10.6 Å². The molecule has 0 aromatic heterocycles. The van der Waals surface area contributed by atoms with Crippen LogP contribution >= 0.6 is 11.8 Å². The molecule has 2 aromatic rings. The first-order valence-electron chi connectivity index (χ1n) is 5.18. The summed E-state index contributed by atoms with van der Waals surface area (Å²) in [7, 11) is 0. The van der Waals surface area contributed by atoms with Gasteiger partial charge in [0, 0.05) is 28.0 Å². The number of hydrogen-bond donors (Lipinski definition) is 1. The fraction of sp³-hybridized carbons (Fsp3) is 0.0769. The van der Waals surface area contributed by atoms with Gasteiger partial charge in [0.25, 0.3) is 0 Å². The van der Waals surface area contributed by atoms with Gasteiger partial charge in [-0.2, -0.15) is 0 Å². The van der Waals surface area contributed by atoms with Crippen LogP contribution < -0.4 is 5.73 Å². The van der Waals surface area contributed by atoms with Crippen molar-refractivity contribution in [3.8, 4) is 0 Å². The Balaban J connectivity index is 2.16. The molecule has 0 radical (unpaired) electrons. The zero-order chi connectivity index (χ0) is 13.1. The Kier molecular flexibility index (Phi) is 3.81. The summed E-state index contributed by atoms with van der Waals surface area (Å²) in [5.74, 6) is -1.52. The van der Waals surface area contributed by atoms with Gasteiger partial charge in [-0.3, -0.25) is 0 Å². The van der Waals surface area contributed by atoms with Gasteiger partial charge in [-0.1, -0.05) is 6.07 Å². The van der Waals surface area contributed by atoms with Gasteiger partial charge in [-0.15, -0.1) is 11.8 Å². The van der Waals surface area contributed by atoms with E-state index in [9.17, 15) is 13.2 Å². The minimum Gasteiger partial charge on any atom is -0.398 e. The van der Waals surface area contributed by atoms with Crippen molar-refractivity contribution in [1.29, 1.82) is 0 Å². The second-order valence-electron chi connectivity index (χ2n) is 3.67. The molecule has 18 heavy (non-hydrogen) atoms. The molecule has 0 bridgehead atoms. The molecule has 0 aliphatic carbocycles. The van der Waals surface area contributed by atoms with Crippen molar-refractivity contribution in [2.75, 3.05) is 5.73 Å². The molecule has 1 nitrogen and oxygen atoms in total. The average Bonchev–Trinajstić information content (AvgIpc) is 2.31. The molecule has 0 heterocycles. The van der Waals surface area contributed by atoms with Crippen molar-refractivity contribution in [3.63, 3.8) is 0 Å². The maximum absolute atomic E-state index is 13.5. The molecule has 0 aliphatic rings. The fourth-order valence-corrected chi connectivity index (χ4v) is 2.44. The molecule has 0 saturated heterocycles. The Bertz CT molecular complexity index is 552. The Morgan fingerprint density at radius 2 is 1.78 bits per heavy atom. The van der Waals surface area contributed by atoms with E-state index < -0.39 is 17.5 Å². The van der Waals surface area contributed by atoms with Crippen LogP contribution in [0, 0.1) is 17.5 Å². The van der Waals surface area contributed by atoms with Crippen molar-refractivity contribution in [1.82, 2.24) is 0 Å². The maximum Gasteiger partial charge on any atom is 0.139 e. The van der Waals surface area contributed by atoms with Gasteiger partial charge in [-0.05, 0) is 24.3 Å². The predicted molar refractivity (Wildman–Crippen MR) is 66.7 cm³/mol. The number of rotatable bonds is 3. The van der Waals surface area contributed by atoms with Gasteiger partial charge in [0.15, 0.2) is 0 Å². The highest BCUT2D eigenvalue weighted by molar-refractivity contribution is 7.98. The van der Waals surface area contributed by atoms with Crippen LogP contribution in [0.5, 0.6) is 0 Å². The molecular formula is C13H10F3NS. The summed E-state index contributed by atoms with van der Waals surface area (Å²) >= 11 is 1.08. The molecule has 0 aliphatic heterocycles. The summed E-state index contributed by atoms with van der Waals surface area (Å²) in [6.07, 6.45) is 0. The number of anilines is 1. The van der Waals surface area contributed by atoms with E-state index >= 15 is 0 Å². The summed E-state index contributed by atoms with van der Waals surface area (Å²) in [6, 6.07) is 7.68. The summed E-state index contributed by atoms with van der Waals surface area (Å²) < 4.78 is 39.5. The van der Waals surface area contributed by atoms with E-state index in [0.29, 0.717) is 11.3 Å². The lowest BCUT2D eigenvalue weighted by atomic mass is 10.2. The van der Waals surface area contributed by atoms with Crippen LogP contribution in [0.1, 0.15) is 5.56 Å². The van der Waals surface area contributed by atoms with Gasteiger partial charge in [-0.25, -0.2) is 13.2 Å². The van der Waals surface area contributed by atoms with Crippen LogP contribution in [0.3, 0.4) is 0 Å². The van der Waals surface area contributed by atoms with Crippen molar-refractivity contribution in [2.24, 2.45) is 0 Å². The number of thioether (sulfide) groups is 1. The normalized spacial score (nSPS) is 10.6. The van der Waals surface area contributed by atoms with E-state index in [1.165, 1.54) is 18.2 Å². The van der Waals surface area contributed by atoms with Crippen LogP contribution in [-0.4, -0.2) is 0 Å².